The van der Waals surface area contributed by atoms with Crippen LogP contribution in [0.5, 0.6) is 0 Å². The monoisotopic (exact) mass is 280 g/mol. The molecule has 3 aromatic rings. The smallest absolute Gasteiger partial charge is 0.221 e. The largest absolute Gasteiger partial charge is 0.379 e. The number of nitrogens with zero attached hydrogens (tertiary/aromatic N) is 2. The lowest BCUT2D eigenvalue weighted by molar-refractivity contribution is -0.114. The van der Waals surface area contributed by atoms with Crippen molar-refractivity contribution in [1.29, 1.82) is 0 Å². The number of fused-ring (bicyclic) bond motifs is 1. The molecule has 0 radical (unpaired) electrons. The Balaban J connectivity index is 1.70. The van der Waals surface area contributed by atoms with Crippen LogP contribution >= 0.6 is 0 Å². The lowest BCUT2D eigenvalue weighted by Gasteiger charge is -2.07. The van der Waals surface area contributed by atoms with Gasteiger partial charge in [-0.05, 0) is 30.3 Å². The van der Waals surface area contributed by atoms with Gasteiger partial charge in [0.25, 0.3) is 0 Å². The fourth-order valence-corrected chi connectivity index (χ4v) is 2.18. The number of rotatable bonds is 4. The van der Waals surface area contributed by atoms with E-state index in [1.165, 1.54) is 6.92 Å². The van der Waals surface area contributed by atoms with Gasteiger partial charge in [0.1, 0.15) is 5.65 Å². The van der Waals surface area contributed by atoms with Gasteiger partial charge in [-0.25, -0.2) is 4.98 Å². The molecule has 2 aromatic heterocycles. The number of benzene rings is 1. The molecule has 0 saturated heterocycles. The Labute approximate surface area is 122 Å². The van der Waals surface area contributed by atoms with Gasteiger partial charge in [0.15, 0.2) is 0 Å². The summed E-state index contributed by atoms with van der Waals surface area (Å²) in [7, 11) is 0. The molecule has 0 aliphatic heterocycles. The maximum absolute atomic E-state index is 11.1. The van der Waals surface area contributed by atoms with E-state index in [0.29, 0.717) is 6.54 Å². The minimum Gasteiger partial charge on any atom is -0.379 e. The van der Waals surface area contributed by atoms with Gasteiger partial charge in [0, 0.05) is 30.7 Å². The summed E-state index contributed by atoms with van der Waals surface area (Å²) in [5.74, 6) is -0.0764. The van der Waals surface area contributed by atoms with E-state index in [0.717, 1.165) is 22.7 Å². The number of hydrogen-bond donors (Lipinski definition) is 2. The van der Waals surface area contributed by atoms with E-state index in [4.69, 9.17) is 0 Å². The van der Waals surface area contributed by atoms with Crippen LogP contribution in [0.1, 0.15) is 12.6 Å². The van der Waals surface area contributed by atoms with Gasteiger partial charge in [0.05, 0.1) is 12.2 Å². The summed E-state index contributed by atoms with van der Waals surface area (Å²) in [6.45, 7) is 2.13. The number of hydrogen-bond acceptors (Lipinski definition) is 3. The van der Waals surface area contributed by atoms with Gasteiger partial charge >= 0.3 is 0 Å². The third-order valence-corrected chi connectivity index (χ3v) is 3.07. The number of aromatic nitrogens is 2. The molecular weight excluding hydrogens is 264 g/mol. The highest BCUT2D eigenvalue weighted by molar-refractivity contribution is 5.89. The molecular formula is C16H16N4O. The van der Waals surface area contributed by atoms with Crippen LogP contribution in [0.25, 0.3) is 5.65 Å². The first-order valence-corrected chi connectivity index (χ1v) is 6.75. The van der Waals surface area contributed by atoms with E-state index in [1.54, 1.807) is 0 Å². The SMILES string of the molecule is CC(=O)Nc1cccc(NCc2cn3ccccc3n2)c1. The Bertz CT molecular complexity index is 746. The molecule has 1 aromatic carbocycles. The van der Waals surface area contributed by atoms with Crippen LogP contribution < -0.4 is 10.6 Å². The van der Waals surface area contributed by atoms with Crippen molar-refractivity contribution in [2.75, 3.05) is 10.6 Å². The van der Waals surface area contributed by atoms with Gasteiger partial charge in [-0.2, -0.15) is 0 Å². The summed E-state index contributed by atoms with van der Waals surface area (Å²) in [6, 6.07) is 13.5. The van der Waals surface area contributed by atoms with Crippen LogP contribution in [-0.4, -0.2) is 15.3 Å². The molecule has 0 unspecified atom stereocenters. The molecule has 2 N–H and O–H groups in total. The minimum atomic E-state index is -0.0764. The predicted molar refractivity (Wildman–Crippen MR) is 83.3 cm³/mol. The van der Waals surface area contributed by atoms with E-state index in [9.17, 15) is 4.79 Å². The van der Waals surface area contributed by atoms with Crippen molar-refractivity contribution in [3.05, 3.63) is 60.6 Å². The van der Waals surface area contributed by atoms with Crippen LogP contribution in [0.15, 0.2) is 54.9 Å². The third-order valence-electron chi connectivity index (χ3n) is 3.07. The van der Waals surface area contributed by atoms with E-state index >= 15 is 0 Å². The summed E-state index contributed by atoms with van der Waals surface area (Å²) in [5.41, 5.74) is 3.62. The third kappa shape index (κ3) is 3.20. The van der Waals surface area contributed by atoms with Gasteiger partial charge in [-0.3, -0.25) is 4.79 Å². The number of nitrogens with one attached hydrogen (secondary N) is 2. The molecule has 0 atom stereocenters. The maximum Gasteiger partial charge on any atom is 0.221 e. The van der Waals surface area contributed by atoms with E-state index in [1.807, 2.05) is 59.3 Å². The highest BCUT2D eigenvalue weighted by Gasteiger charge is 2.02. The molecule has 5 heteroatoms. The average molecular weight is 280 g/mol. The Kier molecular flexibility index (Phi) is 3.55. The van der Waals surface area contributed by atoms with Crippen molar-refractivity contribution in [2.45, 2.75) is 13.5 Å². The van der Waals surface area contributed by atoms with Crippen LogP contribution in [0, 0.1) is 0 Å². The molecule has 0 aliphatic carbocycles. The first-order chi connectivity index (χ1) is 10.2. The number of pyridine rings is 1. The first-order valence-electron chi connectivity index (χ1n) is 6.75. The molecule has 0 fully saturated rings. The van der Waals surface area contributed by atoms with Crippen molar-refractivity contribution in [2.24, 2.45) is 0 Å². The number of carbonyl (C=O) groups excluding carboxylic acids is 1. The average Bonchev–Trinajstić information content (AvgIpc) is 2.87. The number of carbonyl (C=O) groups is 1. The van der Waals surface area contributed by atoms with Crippen LogP contribution in [0.2, 0.25) is 0 Å². The molecule has 21 heavy (non-hydrogen) atoms. The zero-order valence-corrected chi connectivity index (χ0v) is 11.7. The zero-order chi connectivity index (χ0) is 14.7. The molecule has 0 bridgehead atoms. The summed E-state index contributed by atoms with van der Waals surface area (Å²) < 4.78 is 1.99. The molecule has 5 nitrogen and oxygen atoms in total. The number of amides is 1. The second-order valence-corrected chi connectivity index (χ2v) is 4.81. The highest BCUT2D eigenvalue weighted by atomic mass is 16.1. The molecule has 3 rings (SSSR count). The number of anilines is 2. The van der Waals surface area contributed by atoms with Crippen molar-refractivity contribution in [3.8, 4) is 0 Å². The second kappa shape index (κ2) is 5.66. The van der Waals surface area contributed by atoms with Crippen molar-refractivity contribution >= 4 is 22.9 Å². The summed E-state index contributed by atoms with van der Waals surface area (Å²) in [4.78, 5) is 15.6. The molecule has 0 spiro atoms. The highest BCUT2D eigenvalue weighted by Crippen LogP contribution is 2.16. The van der Waals surface area contributed by atoms with Crippen LogP contribution in [-0.2, 0) is 11.3 Å². The Morgan fingerprint density at radius 1 is 1.19 bits per heavy atom. The first kappa shape index (κ1) is 13.2. The fraction of sp³-hybridized carbons (Fsp3) is 0.125. The maximum atomic E-state index is 11.1. The normalized spacial score (nSPS) is 10.5. The van der Waals surface area contributed by atoms with Gasteiger partial charge in [-0.1, -0.05) is 12.1 Å². The van der Waals surface area contributed by atoms with Gasteiger partial charge in [0.2, 0.25) is 5.91 Å². The fourth-order valence-electron chi connectivity index (χ4n) is 2.18. The summed E-state index contributed by atoms with van der Waals surface area (Å²) in [5, 5.41) is 6.07. The van der Waals surface area contributed by atoms with E-state index in [-0.39, 0.29) is 5.91 Å². The molecule has 2 heterocycles. The molecule has 106 valence electrons. The van der Waals surface area contributed by atoms with Crippen molar-refractivity contribution < 1.29 is 4.79 Å². The lowest BCUT2D eigenvalue weighted by atomic mass is 10.2. The van der Waals surface area contributed by atoms with Gasteiger partial charge < -0.3 is 15.0 Å². The number of imidazole rings is 1. The van der Waals surface area contributed by atoms with E-state index in [2.05, 4.69) is 15.6 Å². The minimum absolute atomic E-state index is 0.0764. The molecule has 0 saturated carbocycles. The Hall–Kier alpha value is -2.82. The van der Waals surface area contributed by atoms with Crippen molar-refractivity contribution in [3.63, 3.8) is 0 Å². The van der Waals surface area contributed by atoms with Crippen LogP contribution in [0.3, 0.4) is 0 Å². The second-order valence-electron chi connectivity index (χ2n) is 4.81. The summed E-state index contributed by atoms with van der Waals surface area (Å²) >= 11 is 0. The van der Waals surface area contributed by atoms with Crippen molar-refractivity contribution in [1.82, 2.24) is 9.38 Å². The predicted octanol–water partition coefficient (Wildman–Crippen LogP) is 2.90. The topological polar surface area (TPSA) is 58.4 Å². The quantitative estimate of drug-likeness (QED) is 0.772. The lowest BCUT2D eigenvalue weighted by Crippen LogP contribution is -2.06. The summed E-state index contributed by atoms with van der Waals surface area (Å²) in [6.07, 6.45) is 3.98. The molecule has 1 amide bonds. The Morgan fingerprint density at radius 2 is 2.05 bits per heavy atom. The van der Waals surface area contributed by atoms with E-state index < -0.39 is 0 Å². The standard InChI is InChI=1S/C16H16N4O/c1-12(21)18-14-6-4-5-13(9-14)17-10-15-11-20-8-3-2-7-16(20)19-15/h2-9,11,17H,10H2,1H3,(H,18,21). The molecule has 0 aliphatic rings. The van der Waals surface area contributed by atoms with Crippen LogP contribution in [0.4, 0.5) is 11.4 Å². The Morgan fingerprint density at radius 3 is 2.86 bits per heavy atom. The van der Waals surface area contributed by atoms with Gasteiger partial charge in [-0.15, -0.1) is 0 Å². The zero-order valence-electron chi connectivity index (χ0n) is 11.7.